The molecule has 0 spiro atoms. The van der Waals surface area contributed by atoms with Gasteiger partial charge in [0, 0.05) is 39.8 Å². The number of β-amino-alcohol motifs (C(OH)–C–C–N with tert-alkyl or cyclic N) is 1. The maximum absolute atomic E-state index is 10.1. The Morgan fingerprint density at radius 1 is 1.24 bits per heavy atom. The highest BCUT2D eigenvalue weighted by atomic mass is 16.5. The van der Waals surface area contributed by atoms with Crippen molar-refractivity contribution < 1.29 is 14.3 Å². The van der Waals surface area contributed by atoms with Crippen molar-refractivity contribution in [2.24, 2.45) is 7.05 Å². The molecule has 1 aliphatic rings. The second kappa shape index (κ2) is 8.57. The lowest BCUT2D eigenvalue weighted by Crippen LogP contribution is -2.48. The molecule has 1 saturated heterocycles. The zero-order chi connectivity index (χ0) is 17.6. The summed E-state index contributed by atoms with van der Waals surface area (Å²) >= 11 is 0. The molecule has 8 nitrogen and oxygen atoms in total. The molecule has 0 amide bonds. The largest absolute Gasteiger partial charge is 0.467 e. The number of aromatic nitrogens is 3. The van der Waals surface area contributed by atoms with Crippen LogP contribution in [0.2, 0.25) is 0 Å². The zero-order valence-electron chi connectivity index (χ0n) is 15.0. The van der Waals surface area contributed by atoms with Crippen LogP contribution in [-0.2, 0) is 24.9 Å². The van der Waals surface area contributed by atoms with E-state index < -0.39 is 6.10 Å². The van der Waals surface area contributed by atoms with E-state index >= 15 is 0 Å². The van der Waals surface area contributed by atoms with Gasteiger partial charge < -0.3 is 18.8 Å². The molecule has 138 valence electrons. The van der Waals surface area contributed by atoms with E-state index in [1.54, 1.807) is 6.26 Å². The van der Waals surface area contributed by atoms with E-state index in [-0.39, 0.29) is 0 Å². The van der Waals surface area contributed by atoms with Gasteiger partial charge >= 0.3 is 0 Å². The average Bonchev–Trinajstić information content (AvgIpc) is 3.22. The molecule has 0 saturated carbocycles. The van der Waals surface area contributed by atoms with Gasteiger partial charge in [0.25, 0.3) is 0 Å². The number of ether oxygens (including phenoxy) is 1. The predicted octanol–water partition coefficient (Wildman–Crippen LogP) is 0.412. The van der Waals surface area contributed by atoms with Gasteiger partial charge in [-0.3, -0.25) is 9.80 Å². The van der Waals surface area contributed by atoms with E-state index in [1.807, 2.05) is 30.7 Å². The summed E-state index contributed by atoms with van der Waals surface area (Å²) in [4.78, 5) is 4.65. The summed E-state index contributed by atoms with van der Waals surface area (Å²) in [7, 11) is 2.00. The van der Waals surface area contributed by atoms with E-state index in [9.17, 15) is 5.11 Å². The lowest BCUT2D eigenvalue weighted by Gasteiger charge is -2.35. The Morgan fingerprint density at radius 2 is 2.00 bits per heavy atom. The van der Waals surface area contributed by atoms with Gasteiger partial charge in [-0.2, -0.15) is 0 Å². The summed E-state index contributed by atoms with van der Waals surface area (Å²) in [5.74, 6) is 2.71. The van der Waals surface area contributed by atoms with E-state index in [2.05, 4.69) is 20.0 Å². The molecule has 8 heteroatoms. The van der Waals surface area contributed by atoms with Gasteiger partial charge in [-0.15, -0.1) is 10.2 Å². The topological polar surface area (TPSA) is 79.8 Å². The maximum atomic E-state index is 10.1. The Bertz CT molecular complexity index is 635. The minimum absolute atomic E-state index is 0.319. The van der Waals surface area contributed by atoms with Gasteiger partial charge in [-0.1, -0.05) is 0 Å². The number of aliphatic hydroxyl groups is 1. The zero-order valence-corrected chi connectivity index (χ0v) is 15.0. The smallest absolute Gasteiger partial charge is 0.146 e. The average molecular weight is 349 g/mol. The molecule has 3 rings (SSSR count). The van der Waals surface area contributed by atoms with Crippen molar-refractivity contribution in [3.63, 3.8) is 0 Å². The molecular weight excluding hydrogens is 322 g/mol. The van der Waals surface area contributed by atoms with Crippen LogP contribution in [-0.4, -0.2) is 75.1 Å². The van der Waals surface area contributed by atoms with Crippen molar-refractivity contribution in [3.05, 3.63) is 35.8 Å². The number of hydrogen-bond donors (Lipinski definition) is 1. The van der Waals surface area contributed by atoms with Crippen molar-refractivity contribution in [3.8, 4) is 0 Å². The lowest BCUT2D eigenvalue weighted by atomic mass is 10.2. The second-order valence-electron chi connectivity index (χ2n) is 6.55. The highest BCUT2D eigenvalue weighted by Crippen LogP contribution is 2.08. The Kier molecular flexibility index (Phi) is 6.19. The van der Waals surface area contributed by atoms with Crippen LogP contribution >= 0.6 is 0 Å². The predicted molar refractivity (Wildman–Crippen MR) is 91.8 cm³/mol. The molecule has 3 heterocycles. The van der Waals surface area contributed by atoms with Gasteiger partial charge in [0.2, 0.25) is 0 Å². The maximum Gasteiger partial charge on any atom is 0.146 e. The minimum Gasteiger partial charge on any atom is -0.467 e. The standard InChI is InChI=1S/C17H27N5O3/c1-14-18-19-17(20(14)2)11-22-7-5-21(6-8-22)10-15(23)12-24-13-16-4-3-9-25-16/h3-4,9,15,23H,5-8,10-13H2,1-2H3/t15-/m0/s1. The van der Waals surface area contributed by atoms with Crippen molar-refractivity contribution in [1.82, 2.24) is 24.6 Å². The summed E-state index contributed by atoms with van der Waals surface area (Å²) in [6, 6.07) is 3.70. The van der Waals surface area contributed by atoms with Gasteiger partial charge in [0.1, 0.15) is 24.0 Å². The highest BCUT2D eigenvalue weighted by Gasteiger charge is 2.20. The molecule has 0 bridgehead atoms. The fraction of sp³-hybridized carbons (Fsp3) is 0.647. The number of hydrogen-bond acceptors (Lipinski definition) is 7. The van der Waals surface area contributed by atoms with Crippen LogP contribution in [0, 0.1) is 6.92 Å². The van der Waals surface area contributed by atoms with Crippen molar-refractivity contribution in [1.29, 1.82) is 0 Å². The number of aliphatic hydroxyl groups excluding tert-OH is 1. The molecule has 0 unspecified atom stereocenters. The number of aryl methyl sites for hydroxylation is 1. The monoisotopic (exact) mass is 349 g/mol. The third-order valence-electron chi connectivity index (χ3n) is 4.62. The summed E-state index contributed by atoms with van der Waals surface area (Å²) in [5, 5.41) is 18.5. The van der Waals surface area contributed by atoms with Crippen LogP contribution in [0.5, 0.6) is 0 Å². The molecule has 25 heavy (non-hydrogen) atoms. The third kappa shape index (κ3) is 5.12. The van der Waals surface area contributed by atoms with Crippen LogP contribution in [0.25, 0.3) is 0 Å². The minimum atomic E-state index is -0.483. The Morgan fingerprint density at radius 3 is 2.64 bits per heavy atom. The number of rotatable bonds is 8. The van der Waals surface area contributed by atoms with Crippen molar-refractivity contribution in [2.75, 3.05) is 39.3 Å². The number of nitrogens with zero attached hydrogens (tertiary/aromatic N) is 5. The third-order valence-corrected chi connectivity index (χ3v) is 4.62. The Labute approximate surface area is 148 Å². The van der Waals surface area contributed by atoms with Crippen LogP contribution in [0.1, 0.15) is 17.4 Å². The molecule has 1 aliphatic heterocycles. The lowest BCUT2D eigenvalue weighted by molar-refractivity contribution is -0.00327. The van der Waals surface area contributed by atoms with Crippen LogP contribution in [0.15, 0.2) is 22.8 Å². The summed E-state index contributed by atoms with van der Waals surface area (Å²) in [6.45, 7) is 7.93. The molecule has 1 atom stereocenters. The van der Waals surface area contributed by atoms with Crippen LogP contribution in [0.3, 0.4) is 0 Å². The first kappa shape index (κ1) is 18.1. The molecule has 2 aromatic rings. The van der Waals surface area contributed by atoms with Gasteiger partial charge in [0.05, 0.1) is 25.5 Å². The highest BCUT2D eigenvalue weighted by molar-refractivity contribution is 4.96. The molecule has 2 aromatic heterocycles. The first-order valence-electron chi connectivity index (χ1n) is 8.69. The molecular formula is C17H27N5O3. The normalized spacial score (nSPS) is 17.9. The molecule has 1 N–H and O–H groups in total. The van der Waals surface area contributed by atoms with E-state index in [0.29, 0.717) is 19.8 Å². The van der Waals surface area contributed by atoms with Gasteiger partial charge in [-0.05, 0) is 19.1 Å². The molecule has 0 radical (unpaired) electrons. The van der Waals surface area contributed by atoms with Crippen LogP contribution in [0.4, 0.5) is 0 Å². The Hall–Kier alpha value is -1.74. The molecule has 0 aromatic carbocycles. The summed E-state index contributed by atoms with van der Waals surface area (Å²) in [5.41, 5.74) is 0. The number of piperazine rings is 1. The first-order valence-corrected chi connectivity index (χ1v) is 8.69. The first-order chi connectivity index (χ1) is 12.1. The summed E-state index contributed by atoms with van der Waals surface area (Å²) < 4.78 is 12.7. The van der Waals surface area contributed by atoms with Crippen LogP contribution < -0.4 is 0 Å². The summed E-state index contributed by atoms with van der Waals surface area (Å²) in [6.07, 6.45) is 1.14. The Balaban J connectivity index is 1.33. The second-order valence-corrected chi connectivity index (χ2v) is 6.55. The fourth-order valence-electron chi connectivity index (χ4n) is 2.96. The van der Waals surface area contributed by atoms with Crippen molar-refractivity contribution >= 4 is 0 Å². The fourth-order valence-corrected chi connectivity index (χ4v) is 2.96. The van der Waals surface area contributed by atoms with Crippen molar-refractivity contribution in [2.45, 2.75) is 26.2 Å². The van der Waals surface area contributed by atoms with E-state index in [4.69, 9.17) is 9.15 Å². The van der Waals surface area contributed by atoms with Gasteiger partial charge in [-0.25, -0.2) is 0 Å². The van der Waals surface area contributed by atoms with Gasteiger partial charge in [0.15, 0.2) is 0 Å². The quantitative estimate of drug-likeness (QED) is 0.739. The molecule has 0 aliphatic carbocycles. The molecule has 1 fully saturated rings. The van der Waals surface area contributed by atoms with E-state index in [0.717, 1.165) is 50.1 Å². The number of furan rings is 1. The van der Waals surface area contributed by atoms with E-state index in [1.165, 1.54) is 0 Å². The SMILES string of the molecule is Cc1nnc(CN2CCN(C[C@H](O)COCc3ccco3)CC2)n1C.